The highest BCUT2D eigenvalue weighted by Crippen LogP contribution is 2.17. The number of nitrogens with one attached hydrogen (secondary N) is 1. The van der Waals surface area contributed by atoms with Crippen molar-refractivity contribution in [1.29, 1.82) is 0 Å². The molecule has 0 radical (unpaired) electrons. The first kappa shape index (κ1) is 10.7. The summed E-state index contributed by atoms with van der Waals surface area (Å²) in [7, 11) is 1.92. The van der Waals surface area contributed by atoms with Crippen LogP contribution in [0.1, 0.15) is 19.8 Å². The number of carbonyl (C=O) groups is 1. The molecule has 4 nitrogen and oxygen atoms in total. The van der Waals surface area contributed by atoms with Crippen molar-refractivity contribution in [3.63, 3.8) is 0 Å². The topological polar surface area (TPSA) is 35.6 Å². The molecule has 0 unspecified atom stereocenters. The Bertz CT molecular complexity index is 232. The van der Waals surface area contributed by atoms with E-state index in [1.165, 1.54) is 0 Å². The van der Waals surface area contributed by atoms with Gasteiger partial charge in [-0.2, -0.15) is 0 Å². The second-order valence-electron chi connectivity index (χ2n) is 4.88. The SMILES string of the molecule is CC1CCN(C(=O)N(C)C2CNC2)CC1. The van der Waals surface area contributed by atoms with E-state index in [1.807, 2.05) is 16.8 Å². The zero-order valence-electron chi connectivity index (χ0n) is 9.70. The van der Waals surface area contributed by atoms with Crippen LogP contribution in [-0.2, 0) is 0 Å². The van der Waals surface area contributed by atoms with Gasteiger partial charge in [0.1, 0.15) is 0 Å². The molecule has 2 amide bonds. The molecule has 2 rings (SSSR count). The second kappa shape index (κ2) is 4.39. The van der Waals surface area contributed by atoms with E-state index in [2.05, 4.69) is 12.2 Å². The van der Waals surface area contributed by atoms with Crippen LogP contribution in [-0.4, -0.2) is 55.1 Å². The molecular formula is C11H21N3O. The Kier molecular flexibility index (Phi) is 3.14. The summed E-state index contributed by atoms with van der Waals surface area (Å²) in [5, 5.41) is 3.19. The zero-order chi connectivity index (χ0) is 10.8. The van der Waals surface area contributed by atoms with Crippen LogP contribution in [0.4, 0.5) is 4.79 Å². The summed E-state index contributed by atoms with van der Waals surface area (Å²) >= 11 is 0. The lowest BCUT2D eigenvalue weighted by molar-refractivity contribution is 0.116. The number of urea groups is 1. The molecule has 0 atom stereocenters. The number of carbonyl (C=O) groups excluding carboxylic acids is 1. The van der Waals surface area contributed by atoms with Crippen molar-refractivity contribution in [3.8, 4) is 0 Å². The lowest BCUT2D eigenvalue weighted by Gasteiger charge is -2.40. The summed E-state index contributed by atoms with van der Waals surface area (Å²) < 4.78 is 0. The van der Waals surface area contributed by atoms with E-state index in [4.69, 9.17) is 0 Å². The molecular weight excluding hydrogens is 190 g/mol. The van der Waals surface area contributed by atoms with E-state index in [0.29, 0.717) is 6.04 Å². The third-order valence-electron chi connectivity index (χ3n) is 3.66. The van der Waals surface area contributed by atoms with Gasteiger partial charge in [-0.1, -0.05) is 6.92 Å². The van der Waals surface area contributed by atoms with Gasteiger partial charge in [0.2, 0.25) is 0 Å². The lowest BCUT2D eigenvalue weighted by atomic mass is 9.99. The van der Waals surface area contributed by atoms with Crippen LogP contribution in [0.25, 0.3) is 0 Å². The third kappa shape index (κ3) is 2.25. The molecule has 0 spiro atoms. The van der Waals surface area contributed by atoms with Gasteiger partial charge in [-0.05, 0) is 18.8 Å². The molecule has 0 bridgehead atoms. The van der Waals surface area contributed by atoms with Crippen molar-refractivity contribution >= 4 is 6.03 Å². The molecule has 0 aromatic heterocycles. The average molecular weight is 211 g/mol. The summed E-state index contributed by atoms with van der Waals surface area (Å²) in [5.74, 6) is 0.782. The van der Waals surface area contributed by atoms with Gasteiger partial charge < -0.3 is 15.1 Å². The number of piperidine rings is 1. The molecule has 0 aromatic carbocycles. The highest BCUT2D eigenvalue weighted by atomic mass is 16.2. The van der Waals surface area contributed by atoms with Crippen molar-refractivity contribution in [2.45, 2.75) is 25.8 Å². The summed E-state index contributed by atoms with van der Waals surface area (Å²) in [4.78, 5) is 16.0. The van der Waals surface area contributed by atoms with E-state index in [1.54, 1.807) is 0 Å². The maximum atomic E-state index is 12.1. The number of rotatable bonds is 1. The van der Waals surface area contributed by atoms with E-state index in [-0.39, 0.29) is 6.03 Å². The summed E-state index contributed by atoms with van der Waals surface area (Å²) in [6, 6.07) is 0.630. The lowest BCUT2D eigenvalue weighted by Crippen LogP contribution is -2.60. The van der Waals surface area contributed by atoms with Gasteiger partial charge in [0.05, 0.1) is 6.04 Å². The van der Waals surface area contributed by atoms with Gasteiger partial charge in [0.25, 0.3) is 0 Å². The minimum Gasteiger partial charge on any atom is -0.325 e. The number of nitrogens with zero attached hydrogens (tertiary/aromatic N) is 2. The fraction of sp³-hybridized carbons (Fsp3) is 0.909. The third-order valence-corrected chi connectivity index (χ3v) is 3.66. The van der Waals surface area contributed by atoms with Crippen molar-refractivity contribution in [3.05, 3.63) is 0 Å². The smallest absolute Gasteiger partial charge is 0.320 e. The van der Waals surface area contributed by atoms with Crippen LogP contribution >= 0.6 is 0 Å². The van der Waals surface area contributed by atoms with Gasteiger partial charge in [0.15, 0.2) is 0 Å². The number of hydrogen-bond donors (Lipinski definition) is 1. The van der Waals surface area contributed by atoms with Crippen LogP contribution < -0.4 is 5.32 Å². The predicted octanol–water partition coefficient (Wildman–Crippen LogP) is 0.742. The van der Waals surface area contributed by atoms with Crippen LogP contribution in [0, 0.1) is 5.92 Å². The number of likely N-dealkylation sites (N-methyl/N-ethyl adjacent to an activating group) is 1. The largest absolute Gasteiger partial charge is 0.325 e. The minimum absolute atomic E-state index is 0.216. The molecule has 2 fully saturated rings. The fourth-order valence-electron chi connectivity index (χ4n) is 2.13. The Morgan fingerprint density at radius 2 is 1.93 bits per heavy atom. The first-order valence-corrected chi connectivity index (χ1v) is 5.91. The summed E-state index contributed by atoms with van der Waals surface area (Å²) in [6.07, 6.45) is 2.31. The van der Waals surface area contributed by atoms with Gasteiger partial charge in [0, 0.05) is 33.2 Å². The standard InChI is InChI=1S/C11H21N3O/c1-9-3-5-14(6-4-9)11(15)13(2)10-7-12-8-10/h9-10,12H,3-8H2,1-2H3. The first-order chi connectivity index (χ1) is 7.18. The highest BCUT2D eigenvalue weighted by molar-refractivity contribution is 5.74. The molecule has 2 aliphatic heterocycles. The normalized spacial score (nSPS) is 23.7. The van der Waals surface area contributed by atoms with Crippen molar-refractivity contribution < 1.29 is 4.79 Å². The van der Waals surface area contributed by atoms with Gasteiger partial charge in [-0.15, -0.1) is 0 Å². The van der Waals surface area contributed by atoms with E-state index >= 15 is 0 Å². The molecule has 86 valence electrons. The zero-order valence-corrected chi connectivity index (χ0v) is 9.70. The molecule has 1 N–H and O–H groups in total. The summed E-state index contributed by atoms with van der Waals surface area (Å²) in [6.45, 7) is 6.04. The Morgan fingerprint density at radius 1 is 1.33 bits per heavy atom. The molecule has 0 saturated carbocycles. The van der Waals surface area contributed by atoms with Gasteiger partial charge in [-0.25, -0.2) is 4.79 Å². The van der Waals surface area contributed by atoms with Crippen molar-refractivity contribution in [2.24, 2.45) is 5.92 Å². The minimum atomic E-state index is 0.216. The van der Waals surface area contributed by atoms with Crippen LogP contribution in [0.15, 0.2) is 0 Å². The fourth-order valence-corrected chi connectivity index (χ4v) is 2.13. The van der Waals surface area contributed by atoms with Crippen molar-refractivity contribution in [2.75, 3.05) is 33.2 Å². The molecule has 2 saturated heterocycles. The molecule has 4 heteroatoms. The number of hydrogen-bond acceptors (Lipinski definition) is 2. The quantitative estimate of drug-likeness (QED) is 0.694. The maximum Gasteiger partial charge on any atom is 0.320 e. The number of likely N-dealkylation sites (tertiary alicyclic amines) is 1. The predicted molar refractivity (Wildman–Crippen MR) is 59.8 cm³/mol. The Balaban J connectivity index is 1.84. The van der Waals surface area contributed by atoms with Crippen LogP contribution in [0.5, 0.6) is 0 Å². The Labute approximate surface area is 91.6 Å². The van der Waals surface area contributed by atoms with Gasteiger partial charge >= 0.3 is 6.03 Å². The highest BCUT2D eigenvalue weighted by Gasteiger charge is 2.29. The maximum absolute atomic E-state index is 12.1. The average Bonchev–Trinajstić information content (AvgIpc) is 2.15. The molecule has 2 heterocycles. The van der Waals surface area contributed by atoms with Crippen LogP contribution in [0.3, 0.4) is 0 Å². The van der Waals surface area contributed by atoms with E-state index < -0.39 is 0 Å². The molecule has 0 aliphatic carbocycles. The second-order valence-corrected chi connectivity index (χ2v) is 4.88. The van der Waals surface area contributed by atoms with E-state index in [0.717, 1.165) is 44.9 Å². The van der Waals surface area contributed by atoms with Crippen molar-refractivity contribution in [1.82, 2.24) is 15.1 Å². The molecule has 0 aromatic rings. The van der Waals surface area contributed by atoms with Gasteiger partial charge in [-0.3, -0.25) is 0 Å². The molecule has 15 heavy (non-hydrogen) atoms. The van der Waals surface area contributed by atoms with Crippen LogP contribution in [0.2, 0.25) is 0 Å². The first-order valence-electron chi connectivity index (χ1n) is 5.91. The summed E-state index contributed by atoms with van der Waals surface area (Å²) in [5.41, 5.74) is 0. The monoisotopic (exact) mass is 211 g/mol. The Morgan fingerprint density at radius 3 is 2.40 bits per heavy atom. The number of amides is 2. The molecule has 2 aliphatic rings. The Hall–Kier alpha value is -0.770. The van der Waals surface area contributed by atoms with E-state index in [9.17, 15) is 4.79 Å².